The third-order valence-corrected chi connectivity index (χ3v) is 15.4. The zero-order valence-electron chi connectivity index (χ0n) is 44.5. The summed E-state index contributed by atoms with van der Waals surface area (Å²) >= 11 is 0. The Morgan fingerprint density at radius 2 is 1.26 bits per heavy atom. The molecular weight excluding hydrogens is 997 g/mol. The van der Waals surface area contributed by atoms with Gasteiger partial charge in [0.25, 0.3) is 0 Å². The number of hydrogen-bond donors (Lipinski definition) is 5. The molecule has 3 rings (SSSR count). The summed E-state index contributed by atoms with van der Waals surface area (Å²) in [6.45, 7) is 4.42. The van der Waals surface area contributed by atoms with Crippen LogP contribution in [0.25, 0.3) is 0 Å². The number of unbranched alkanes of at least 4 members (excludes halogenated alkanes) is 18. The second-order valence-corrected chi connectivity index (χ2v) is 23.0. The van der Waals surface area contributed by atoms with Gasteiger partial charge in [0.2, 0.25) is 0 Å². The molecule has 0 saturated carbocycles. The van der Waals surface area contributed by atoms with Crippen molar-refractivity contribution in [3.05, 3.63) is 59.2 Å². The highest BCUT2D eigenvalue weighted by molar-refractivity contribution is 7.61. The smallest absolute Gasteiger partial charge is 0.462 e. The Kier molecular flexibility index (Phi) is 33.2. The van der Waals surface area contributed by atoms with Crippen LogP contribution in [-0.4, -0.2) is 97.9 Å². The largest absolute Gasteiger partial charge is 0.481 e. The van der Waals surface area contributed by atoms with E-state index in [1.165, 1.54) is 96.0 Å². The summed E-state index contributed by atoms with van der Waals surface area (Å²) in [6, 6.07) is 1.25. The van der Waals surface area contributed by atoms with E-state index in [0.717, 1.165) is 68.0 Å². The highest BCUT2D eigenvalue weighted by Crippen LogP contribution is 2.60. The predicted molar refractivity (Wildman–Crippen MR) is 284 cm³/mol. The van der Waals surface area contributed by atoms with E-state index in [9.17, 15) is 43.5 Å². The number of allylic oxidation sites excluding steroid dienone is 4. The SMILES string of the molecule is CCCCC/C=C\CC1OC1C/C=C\C/C=C\CCCC(=O)OC[C@H](COP(=O)(O)OP(=O)(O)OC[C@H]1O[C@@H](n2ccc(N)nc2=O)[C@H](O)[C@@H]1O)OC(=O)CCCCCCCCCCCCCCCCCC(C)C. The Morgan fingerprint density at radius 1 is 0.703 bits per heavy atom. The number of rotatable bonds is 44. The van der Waals surface area contributed by atoms with Crippen molar-refractivity contribution in [2.24, 2.45) is 5.92 Å². The molecule has 0 radical (unpaired) electrons. The first-order chi connectivity index (χ1) is 35.5. The summed E-state index contributed by atoms with van der Waals surface area (Å²) in [7, 11) is -10.9. The van der Waals surface area contributed by atoms with Crippen LogP contribution in [-0.2, 0) is 51.0 Å². The van der Waals surface area contributed by atoms with E-state index in [-0.39, 0.29) is 24.8 Å². The number of anilines is 1. The van der Waals surface area contributed by atoms with Gasteiger partial charge in [-0.05, 0) is 63.4 Å². The average molecular weight is 1090 g/mol. The molecule has 1 aromatic heterocycles. The van der Waals surface area contributed by atoms with Gasteiger partial charge in [-0.3, -0.25) is 23.2 Å². The molecule has 2 saturated heterocycles. The summed E-state index contributed by atoms with van der Waals surface area (Å²) in [5.74, 6) is -0.565. The van der Waals surface area contributed by atoms with E-state index in [1.54, 1.807) is 0 Å². The predicted octanol–water partition coefficient (Wildman–Crippen LogP) is 10.8. The molecule has 2 aliphatic rings. The van der Waals surface area contributed by atoms with Gasteiger partial charge in [-0.25, -0.2) is 13.9 Å². The second kappa shape index (κ2) is 37.7. The van der Waals surface area contributed by atoms with E-state index in [4.69, 9.17) is 33.7 Å². The fourth-order valence-electron chi connectivity index (χ4n) is 8.42. The molecule has 0 spiro atoms. The lowest BCUT2D eigenvalue weighted by atomic mass is 10.0. The molecule has 74 heavy (non-hydrogen) atoms. The molecule has 19 nitrogen and oxygen atoms in total. The fourth-order valence-corrected chi connectivity index (χ4v) is 10.5. The van der Waals surface area contributed by atoms with Crippen LogP contribution < -0.4 is 11.4 Å². The summed E-state index contributed by atoms with van der Waals surface area (Å²) in [5, 5.41) is 20.9. The lowest BCUT2D eigenvalue weighted by Crippen LogP contribution is -2.36. The normalized spacial score (nSPS) is 21.9. The van der Waals surface area contributed by atoms with Gasteiger partial charge >= 0.3 is 33.3 Å². The highest BCUT2D eigenvalue weighted by atomic mass is 31.3. The molecule has 1 aromatic rings. The van der Waals surface area contributed by atoms with E-state index < -0.39 is 83.7 Å². The van der Waals surface area contributed by atoms with Crippen LogP contribution in [0.1, 0.15) is 200 Å². The number of epoxide rings is 1. The minimum absolute atomic E-state index is 0.0382. The fraction of sp³-hybridized carbons (Fsp3) is 0.774. The summed E-state index contributed by atoms with van der Waals surface area (Å²) in [4.78, 5) is 62.1. The van der Waals surface area contributed by atoms with Gasteiger partial charge in [0.05, 0.1) is 25.4 Å². The van der Waals surface area contributed by atoms with Gasteiger partial charge in [0.15, 0.2) is 12.3 Å². The lowest BCUT2D eigenvalue weighted by molar-refractivity contribution is -0.161. The average Bonchev–Trinajstić information content (AvgIpc) is 4.04. The van der Waals surface area contributed by atoms with Gasteiger partial charge in [0, 0.05) is 19.0 Å². The number of phosphoric ester groups is 2. The van der Waals surface area contributed by atoms with Crippen LogP contribution in [0.5, 0.6) is 0 Å². The van der Waals surface area contributed by atoms with E-state index in [0.29, 0.717) is 25.4 Å². The zero-order chi connectivity index (χ0) is 54.0. The Bertz CT molecular complexity index is 1970. The van der Waals surface area contributed by atoms with Crippen molar-refractivity contribution in [3.63, 3.8) is 0 Å². The number of carbonyl (C=O) groups excluding carboxylic acids is 2. The number of esters is 2. The van der Waals surface area contributed by atoms with Gasteiger partial charge < -0.3 is 44.7 Å². The van der Waals surface area contributed by atoms with Crippen LogP contribution in [0.15, 0.2) is 53.5 Å². The molecule has 9 atom stereocenters. The number of aliphatic hydroxyl groups is 2. The topological polar surface area (TPSA) is 278 Å². The maximum absolute atomic E-state index is 12.9. The van der Waals surface area contributed by atoms with Gasteiger partial charge in [-0.1, -0.05) is 166 Å². The van der Waals surface area contributed by atoms with Gasteiger partial charge in [-0.15, -0.1) is 0 Å². The molecule has 2 aliphatic heterocycles. The number of phosphoric acid groups is 2. The van der Waals surface area contributed by atoms with Crippen molar-refractivity contribution >= 4 is 33.4 Å². The Labute approximate surface area is 440 Å². The van der Waals surface area contributed by atoms with Crippen LogP contribution >= 0.6 is 15.6 Å². The van der Waals surface area contributed by atoms with Gasteiger partial charge in [-0.2, -0.15) is 9.29 Å². The number of aliphatic hydroxyl groups excluding tert-OH is 2. The Hall–Kier alpha value is -3.06. The number of ether oxygens (including phenoxy) is 4. The van der Waals surface area contributed by atoms with Crippen molar-refractivity contribution in [1.82, 2.24) is 9.55 Å². The second-order valence-electron chi connectivity index (χ2n) is 20.0. The molecule has 2 fully saturated rings. The molecule has 0 amide bonds. The lowest BCUT2D eigenvalue weighted by Gasteiger charge is -2.21. The minimum Gasteiger partial charge on any atom is -0.462 e. The third-order valence-electron chi connectivity index (χ3n) is 12.8. The summed E-state index contributed by atoms with van der Waals surface area (Å²) in [5.41, 5.74) is 4.59. The molecule has 4 unspecified atom stereocenters. The first-order valence-corrected chi connectivity index (χ1v) is 30.5. The third kappa shape index (κ3) is 30.0. The van der Waals surface area contributed by atoms with E-state index >= 15 is 0 Å². The number of nitrogens with zero attached hydrogens (tertiary/aromatic N) is 2. The minimum atomic E-state index is -5.44. The highest BCUT2D eigenvalue weighted by Gasteiger charge is 2.46. The van der Waals surface area contributed by atoms with Crippen molar-refractivity contribution in [3.8, 4) is 0 Å². The molecule has 0 aromatic carbocycles. The monoisotopic (exact) mass is 1090 g/mol. The number of carbonyl (C=O) groups is 2. The van der Waals surface area contributed by atoms with Crippen molar-refractivity contribution < 1.29 is 71.0 Å². The van der Waals surface area contributed by atoms with E-state index in [2.05, 4.69) is 54.4 Å². The maximum Gasteiger partial charge on any atom is 0.481 e. The number of nitrogen functional groups attached to an aromatic ring is 1. The molecular formula is C53H91N3O16P2. The number of nitrogens with two attached hydrogens (primary N) is 1. The Balaban J connectivity index is 1.39. The molecule has 3 heterocycles. The first-order valence-electron chi connectivity index (χ1n) is 27.5. The molecule has 0 aliphatic carbocycles. The van der Waals surface area contributed by atoms with Gasteiger partial charge in [0.1, 0.15) is 30.7 Å². The molecule has 21 heteroatoms. The Morgan fingerprint density at radius 3 is 1.88 bits per heavy atom. The maximum atomic E-state index is 12.9. The van der Waals surface area contributed by atoms with Crippen LogP contribution in [0.2, 0.25) is 0 Å². The standard InChI is InChI=1S/C53H91N3O16P2/c1-4-5-6-7-23-28-33-44-45(70-44)34-29-24-19-17-21-25-30-35-48(57)66-39-43(69-49(58)36-31-26-20-16-14-12-10-8-9-11-13-15-18-22-27-32-42(2)3)40-67-73(62,63)72-74(64,65)68-41-46-50(59)51(60)52(71-46)56-38-37-47(54)55-53(56)61/h17,21,23-24,28-29,37-38,42-46,50-52,59-60H,4-16,18-20,22,25-27,30-36,39-41H2,1-3H3,(H,62,63)(H,64,65)(H2,54,55,61)/b21-17-,28-23-,29-24-/t43-,44?,45?,46-,50-,51-,52-/m1/s1. The van der Waals surface area contributed by atoms with Crippen LogP contribution in [0.3, 0.4) is 0 Å². The molecule has 424 valence electrons. The first kappa shape index (κ1) is 65.2. The quantitative estimate of drug-likeness (QED) is 0.0133. The zero-order valence-corrected chi connectivity index (χ0v) is 46.3. The van der Waals surface area contributed by atoms with Crippen LogP contribution in [0.4, 0.5) is 5.82 Å². The van der Waals surface area contributed by atoms with Crippen molar-refractivity contribution in [2.45, 2.75) is 237 Å². The van der Waals surface area contributed by atoms with E-state index in [1.807, 2.05) is 12.2 Å². The number of aromatic nitrogens is 2. The van der Waals surface area contributed by atoms with Crippen LogP contribution in [0, 0.1) is 5.92 Å². The summed E-state index contributed by atoms with van der Waals surface area (Å²) < 4.78 is 62.6. The van der Waals surface area contributed by atoms with Crippen molar-refractivity contribution in [2.75, 3.05) is 25.6 Å². The molecule has 0 bridgehead atoms. The summed E-state index contributed by atoms with van der Waals surface area (Å²) in [6.07, 6.45) is 34.0. The van der Waals surface area contributed by atoms with Crippen molar-refractivity contribution in [1.29, 1.82) is 0 Å². The number of hydrogen-bond acceptors (Lipinski definition) is 16. The molecule has 6 N–H and O–H groups in total.